The van der Waals surface area contributed by atoms with Crippen LogP contribution in [0, 0.1) is 5.92 Å². The molecule has 3 atom stereocenters. The van der Waals surface area contributed by atoms with E-state index in [4.69, 9.17) is 4.74 Å². The number of rotatable bonds is 2. The molecule has 1 fully saturated rings. The number of halogens is 1. The minimum atomic E-state index is 0.295. The normalized spacial score (nSPS) is 36.9. The van der Waals surface area contributed by atoms with E-state index in [1.165, 1.54) is 12.0 Å². The van der Waals surface area contributed by atoms with Crippen molar-refractivity contribution < 1.29 is 4.74 Å². The van der Waals surface area contributed by atoms with Gasteiger partial charge >= 0.3 is 0 Å². The molecule has 0 aromatic carbocycles. The van der Waals surface area contributed by atoms with E-state index in [1.54, 1.807) is 7.11 Å². The Hall–Kier alpha value is 0.180. The van der Waals surface area contributed by atoms with Gasteiger partial charge in [-0.15, -0.1) is 0 Å². The molecule has 0 aromatic rings. The second-order valence-corrected chi connectivity index (χ2v) is 4.68. The summed E-state index contributed by atoms with van der Waals surface area (Å²) >= 11 is 3.70. The SMILES string of the molecule is C=C1CC(Br)C(CC)CC1OC. The molecule has 0 saturated heterocycles. The standard InChI is InChI=1S/C10H17BrO/c1-4-8-6-10(12-3)7(2)5-9(8)11/h8-10H,2,4-6H2,1,3H3. The predicted octanol–water partition coefficient (Wildman–Crippen LogP) is 3.14. The van der Waals surface area contributed by atoms with Gasteiger partial charge < -0.3 is 4.74 Å². The maximum absolute atomic E-state index is 5.36. The summed E-state index contributed by atoms with van der Waals surface area (Å²) in [5, 5.41) is 0. The van der Waals surface area contributed by atoms with Crippen molar-refractivity contribution >= 4 is 15.9 Å². The lowest BCUT2D eigenvalue weighted by Crippen LogP contribution is -2.30. The third-order valence-electron chi connectivity index (χ3n) is 2.75. The maximum atomic E-state index is 5.36. The summed E-state index contributed by atoms with van der Waals surface area (Å²) in [4.78, 5) is 0.612. The molecule has 0 N–H and O–H groups in total. The molecule has 70 valence electrons. The zero-order valence-corrected chi connectivity index (χ0v) is 9.43. The van der Waals surface area contributed by atoms with Gasteiger partial charge in [0.25, 0.3) is 0 Å². The fourth-order valence-corrected chi connectivity index (χ4v) is 2.83. The van der Waals surface area contributed by atoms with Gasteiger partial charge in [0, 0.05) is 11.9 Å². The van der Waals surface area contributed by atoms with Gasteiger partial charge in [0.05, 0.1) is 6.10 Å². The molecule has 0 heterocycles. The summed E-state index contributed by atoms with van der Waals surface area (Å²) < 4.78 is 5.36. The smallest absolute Gasteiger partial charge is 0.0782 e. The van der Waals surface area contributed by atoms with Crippen LogP contribution in [0.25, 0.3) is 0 Å². The van der Waals surface area contributed by atoms with Gasteiger partial charge in [0.2, 0.25) is 0 Å². The Labute approximate surface area is 83.3 Å². The van der Waals surface area contributed by atoms with Gasteiger partial charge in [0.1, 0.15) is 0 Å². The van der Waals surface area contributed by atoms with Crippen LogP contribution in [0.2, 0.25) is 0 Å². The first-order chi connectivity index (χ1) is 5.69. The van der Waals surface area contributed by atoms with Gasteiger partial charge in [-0.05, 0) is 24.3 Å². The topological polar surface area (TPSA) is 9.23 Å². The second-order valence-electron chi connectivity index (χ2n) is 3.51. The number of ether oxygens (including phenoxy) is 1. The second kappa shape index (κ2) is 4.43. The Morgan fingerprint density at radius 3 is 2.83 bits per heavy atom. The Morgan fingerprint density at radius 1 is 1.67 bits per heavy atom. The highest BCUT2D eigenvalue weighted by molar-refractivity contribution is 9.09. The summed E-state index contributed by atoms with van der Waals surface area (Å²) in [6.07, 6.45) is 3.71. The summed E-state index contributed by atoms with van der Waals surface area (Å²) in [5.74, 6) is 0.750. The van der Waals surface area contributed by atoms with Gasteiger partial charge in [-0.25, -0.2) is 0 Å². The average Bonchev–Trinajstić information content (AvgIpc) is 2.05. The maximum Gasteiger partial charge on any atom is 0.0782 e. The fourth-order valence-electron chi connectivity index (χ4n) is 1.82. The highest BCUT2D eigenvalue weighted by atomic mass is 79.9. The van der Waals surface area contributed by atoms with E-state index in [2.05, 4.69) is 29.4 Å². The summed E-state index contributed by atoms with van der Waals surface area (Å²) in [5.41, 5.74) is 1.24. The first-order valence-electron chi connectivity index (χ1n) is 4.53. The number of hydrogen-bond acceptors (Lipinski definition) is 1. The Balaban J connectivity index is 2.56. The van der Waals surface area contributed by atoms with E-state index >= 15 is 0 Å². The van der Waals surface area contributed by atoms with E-state index < -0.39 is 0 Å². The van der Waals surface area contributed by atoms with Crippen LogP contribution in [-0.4, -0.2) is 18.0 Å². The monoisotopic (exact) mass is 232 g/mol. The van der Waals surface area contributed by atoms with E-state index in [-0.39, 0.29) is 0 Å². The van der Waals surface area contributed by atoms with Crippen molar-refractivity contribution in [2.45, 2.75) is 37.1 Å². The molecule has 1 nitrogen and oxygen atoms in total. The predicted molar refractivity (Wildman–Crippen MR) is 55.7 cm³/mol. The van der Waals surface area contributed by atoms with Crippen molar-refractivity contribution in [3.8, 4) is 0 Å². The summed E-state index contributed by atoms with van der Waals surface area (Å²) in [6, 6.07) is 0. The van der Waals surface area contributed by atoms with Crippen LogP contribution >= 0.6 is 15.9 Å². The van der Waals surface area contributed by atoms with Gasteiger partial charge in [-0.2, -0.15) is 0 Å². The molecule has 0 bridgehead atoms. The lowest BCUT2D eigenvalue weighted by Gasteiger charge is -2.33. The zero-order valence-electron chi connectivity index (χ0n) is 7.85. The lowest BCUT2D eigenvalue weighted by molar-refractivity contribution is 0.0914. The molecule has 0 amide bonds. The lowest BCUT2D eigenvalue weighted by atomic mass is 9.83. The number of alkyl halides is 1. The van der Waals surface area contributed by atoms with Crippen LogP contribution < -0.4 is 0 Å². The van der Waals surface area contributed by atoms with E-state index in [0.29, 0.717) is 10.9 Å². The largest absolute Gasteiger partial charge is 0.377 e. The number of hydrogen-bond donors (Lipinski definition) is 0. The molecule has 1 saturated carbocycles. The summed E-state index contributed by atoms with van der Waals surface area (Å²) in [7, 11) is 1.77. The molecular weight excluding hydrogens is 216 g/mol. The van der Waals surface area contributed by atoms with Crippen LogP contribution in [0.4, 0.5) is 0 Å². The van der Waals surface area contributed by atoms with Gasteiger partial charge in [-0.3, -0.25) is 0 Å². The molecule has 12 heavy (non-hydrogen) atoms. The molecule has 0 aliphatic heterocycles. The molecule has 0 aromatic heterocycles. The fraction of sp³-hybridized carbons (Fsp3) is 0.800. The van der Waals surface area contributed by atoms with Crippen molar-refractivity contribution in [2.24, 2.45) is 5.92 Å². The minimum Gasteiger partial charge on any atom is -0.377 e. The van der Waals surface area contributed by atoms with Gasteiger partial charge in [0.15, 0.2) is 0 Å². The van der Waals surface area contributed by atoms with Crippen molar-refractivity contribution in [1.82, 2.24) is 0 Å². The van der Waals surface area contributed by atoms with Crippen LogP contribution in [0.1, 0.15) is 26.2 Å². The van der Waals surface area contributed by atoms with Crippen molar-refractivity contribution in [2.75, 3.05) is 7.11 Å². The third kappa shape index (κ3) is 2.11. The molecule has 0 radical (unpaired) electrons. The molecular formula is C10H17BrO. The van der Waals surface area contributed by atoms with E-state index in [0.717, 1.165) is 18.8 Å². The summed E-state index contributed by atoms with van der Waals surface area (Å²) in [6.45, 7) is 6.27. The van der Waals surface area contributed by atoms with Crippen LogP contribution in [0.5, 0.6) is 0 Å². The zero-order chi connectivity index (χ0) is 9.14. The minimum absolute atomic E-state index is 0.295. The van der Waals surface area contributed by atoms with Crippen molar-refractivity contribution in [3.63, 3.8) is 0 Å². The van der Waals surface area contributed by atoms with Crippen LogP contribution in [0.15, 0.2) is 12.2 Å². The van der Waals surface area contributed by atoms with Crippen LogP contribution in [-0.2, 0) is 4.74 Å². The molecule has 1 aliphatic carbocycles. The third-order valence-corrected chi connectivity index (χ3v) is 3.82. The van der Waals surface area contributed by atoms with Crippen molar-refractivity contribution in [1.29, 1.82) is 0 Å². The number of methoxy groups -OCH3 is 1. The first kappa shape index (κ1) is 10.3. The van der Waals surface area contributed by atoms with Crippen LogP contribution in [0.3, 0.4) is 0 Å². The highest BCUT2D eigenvalue weighted by Gasteiger charge is 2.29. The van der Waals surface area contributed by atoms with E-state index in [1.807, 2.05) is 0 Å². The average molecular weight is 233 g/mol. The highest BCUT2D eigenvalue weighted by Crippen LogP contribution is 2.35. The molecule has 2 heteroatoms. The van der Waals surface area contributed by atoms with Gasteiger partial charge in [-0.1, -0.05) is 35.9 Å². The Kier molecular flexibility index (Phi) is 3.78. The first-order valence-corrected chi connectivity index (χ1v) is 5.45. The van der Waals surface area contributed by atoms with Crippen molar-refractivity contribution in [3.05, 3.63) is 12.2 Å². The molecule has 1 rings (SSSR count). The Morgan fingerprint density at radius 2 is 2.33 bits per heavy atom. The molecule has 3 unspecified atom stereocenters. The quantitative estimate of drug-likeness (QED) is 0.526. The molecule has 1 aliphatic rings. The molecule has 0 spiro atoms. The van der Waals surface area contributed by atoms with E-state index in [9.17, 15) is 0 Å². The Bertz CT molecular complexity index is 167.